The van der Waals surface area contributed by atoms with Gasteiger partial charge in [0.05, 0.1) is 32.5 Å². The lowest BCUT2D eigenvalue weighted by molar-refractivity contribution is -0.361. The summed E-state index contributed by atoms with van der Waals surface area (Å²) in [4.78, 5) is 36.3. The van der Waals surface area contributed by atoms with Crippen LogP contribution in [0.2, 0.25) is 0 Å². The van der Waals surface area contributed by atoms with Crippen LogP contribution in [0.15, 0.2) is 0 Å². The standard InChI is InChI=1S/C30H52N4O20/c1-8(39)32-16-21(44)24(12(5-36)48-27(16)47)53-29-18(34-10(3)41)23(46)26(14(7-38)51-29)54-30-17(33-9(2)40)22(45)25(13(6-37)50-30)52-28-15(31)20(43)19(42)11(4-35)49-28/h11-30,35-38,42-47H,4-7,31H2,1-3H3,(H,32,39)(H,33,40)(H,34,41)/t11-,12-,13-,14-,15+,16-,17-,18+,19-,20?,21?,22?,23?,24-,25-,26-,27?,28+,29+,30+/m1/s1. The molecule has 312 valence electrons. The largest absolute Gasteiger partial charge is 0.394 e. The smallest absolute Gasteiger partial charge is 0.217 e. The third-order valence-electron chi connectivity index (χ3n) is 9.49. The van der Waals surface area contributed by atoms with E-state index in [1.807, 2.05) is 0 Å². The van der Waals surface area contributed by atoms with Crippen LogP contribution in [0, 0.1) is 0 Å². The van der Waals surface area contributed by atoms with E-state index in [2.05, 4.69) is 16.0 Å². The molecule has 0 aliphatic carbocycles. The first kappa shape index (κ1) is 44.4. The number of ether oxygens (including phenoxy) is 7. The van der Waals surface area contributed by atoms with Crippen LogP contribution >= 0.6 is 0 Å². The molecular formula is C30H52N4O20. The van der Waals surface area contributed by atoms with Crippen LogP contribution in [0.4, 0.5) is 0 Å². The fraction of sp³-hybridized carbons (Fsp3) is 0.900. The van der Waals surface area contributed by atoms with Gasteiger partial charge < -0.3 is 106 Å². The molecule has 4 rings (SSSR count). The summed E-state index contributed by atoms with van der Waals surface area (Å²) in [6.45, 7) is -0.0467. The zero-order valence-corrected chi connectivity index (χ0v) is 29.5. The van der Waals surface area contributed by atoms with Crippen LogP contribution in [0.3, 0.4) is 0 Å². The molecule has 20 atom stereocenters. The molecule has 0 radical (unpaired) electrons. The zero-order chi connectivity index (χ0) is 40.2. The summed E-state index contributed by atoms with van der Waals surface area (Å²) in [5, 5.41) is 112. The lowest BCUT2D eigenvalue weighted by Crippen LogP contribution is -2.71. The van der Waals surface area contributed by atoms with Gasteiger partial charge in [-0.1, -0.05) is 0 Å². The minimum absolute atomic E-state index is 0.655. The first-order valence-electron chi connectivity index (χ1n) is 17.1. The SMILES string of the molecule is CC(=O)N[C@H]1C(O)O[C@H](CO)[C@@H](O[C@@H]2O[C@H](CO)[C@@H](O[C@@H]3O[C@H](CO)[C@@H](O[C@@H]4O[C@H](CO)[C@@H](O)C(O)[C@@H]4N)C(O)[C@H]3NC(C)=O)C(O)[C@@H]2NC(C)=O)C1O. The third kappa shape index (κ3) is 9.79. The summed E-state index contributed by atoms with van der Waals surface area (Å²) >= 11 is 0. The fourth-order valence-electron chi connectivity index (χ4n) is 6.81. The molecule has 0 spiro atoms. The molecule has 0 aromatic rings. The Morgan fingerprint density at radius 2 is 0.833 bits per heavy atom. The van der Waals surface area contributed by atoms with Gasteiger partial charge in [0.25, 0.3) is 0 Å². The number of hydrogen-bond acceptors (Lipinski definition) is 21. The number of aliphatic hydroxyl groups excluding tert-OH is 10. The van der Waals surface area contributed by atoms with Crippen molar-refractivity contribution in [3.63, 3.8) is 0 Å². The van der Waals surface area contributed by atoms with E-state index < -0.39 is 167 Å². The number of carbonyl (C=O) groups excluding carboxylic acids is 3. The average Bonchev–Trinajstić information content (AvgIpc) is 3.12. The minimum Gasteiger partial charge on any atom is -0.394 e. The van der Waals surface area contributed by atoms with Crippen molar-refractivity contribution in [1.29, 1.82) is 0 Å². The second-order valence-electron chi connectivity index (χ2n) is 13.4. The van der Waals surface area contributed by atoms with Gasteiger partial charge in [-0.2, -0.15) is 0 Å². The number of hydrogen-bond donors (Lipinski definition) is 14. The molecule has 4 aliphatic heterocycles. The number of nitrogens with one attached hydrogen (secondary N) is 3. The summed E-state index contributed by atoms with van der Waals surface area (Å²) < 4.78 is 40.3. The predicted octanol–water partition coefficient (Wildman–Crippen LogP) is -9.35. The molecule has 5 unspecified atom stereocenters. The number of nitrogens with two attached hydrogens (primary N) is 1. The summed E-state index contributed by atoms with van der Waals surface area (Å²) in [7, 11) is 0. The maximum Gasteiger partial charge on any atom is 0.217 e. The van der Waals surface area contributed by atoms with E-state index in [0.29, 0.717) is 0 Å². The van der Waals surface area contributed by atoms with Crippen LogP contribution in [0.1, 0.15) is 20.8 Å². The monoisotopic (exact) mass is 788 g/mol. The first-order valence-corrected chi connectivity index (χ1v) is 17.1. The van der Waals surface area contributed by atoms with Gasteiger partial charge in [0.1, 0.15) is 91.4 Å². The molecule has 54 heavy (non-hydrogen) atoms. The summed E-state index contributed by atoms with van der Waals surface area (Å²) in [6.07, 6.45) is -26.1. The van der Waals surface area contributed by atoms with Crippen LogP contribution in [-0.4, -0.2) is 218 Å². The molecule has 4 saturated heterocycles. The van der Waals surface area contributed by atoms with Crippen molar-refractivity contribution in [3.05, 3.63) is 0 Å². The van der Waals surface area contributed by atoms with Gasteiger partial charge in [0.2, 0.25) is 17.7 Å². The van der Waals surface area contributed by atoms with Gasteiger partial charge in [-0.25, -0.2) is 0 Å². The van der Waals surface area contributed by atoms with Crippen LogP contribution in [0.25, 0.3) is 0 Å². The molecule has 0 aromatic heterocycles. The van der Waals surface area contributed by atoms with E-state index in [1.54, 1.807) is 0 Å². The first-order chi connectivity index (χ1) is 25.5. The summed E-state index contributed by atoms with van der Waals surface area (Å²) in [5.41, 5.74) is 5.98. The molecule has 3 amide bonds. The zero-order valence-electron chi connectivity index (χ0n) is 29.5. The van der Waals surface area contributed by atoms with Crippen molar-refractivity contribution in [1.82, 2.24) is 16.0 Å². The van der Waals surface area contributed by atoms with Crippen LogP contribution in [-0.2, 0) is 47.5 Å². The Kier molecular flexibility index (Phi) is 15.8. The number of carbonyl (C=O) groups is 3. The van der Waals surface area contributed by atoms with Gasteiger partial charge in [-0.3, -0.25) is 14.4 Å². The van der Waals surface area contributed by atoms with Crippen molar-refractivity contribution >= 4 is 17.7 Å². The van der Waals surface area contributed by atoms with Gasteiger partial charge in [-0.05, 0) is 0 Å². The molecule has 15 N–H and O–H groups in total. The highest BCUT2D eigenvalue weighted by Gasteiger charge is 2.56. The summed E-state index contributed by atoms with van der Waals surface area (Å²) in [6, 6.07) is -6.00. The highest BCUT2D eigenvalue weighted by atomic mass is 16.8. The molecule has 0 saturated carbocycles. The maximum absolute atomic E-state index is 12.3. The van der Waals surface area contributed by atoms with Gasteiger partial charge in [-0.15, -0.1) is 0 Å². The number of aliphatic hydroxyl groups is 10. The lowest BCUT2D eigenvalue weighted by atomic mass is 9.93. The van der Waals surface area contributed by atoms with Crippen molar-refractivity contribution in [2.75, 3.05) is 26.4 Å². The molecule has 4 heterocycles. The Hall–Kier alpha value is -2.31. The van der Waals surface area contributed by atoms with Gasteiger partial charge in [0.15, 0.2) is 25.2 Å². The van der Waals surface area contributed by atoms with Gasteiger partial charge >= 0.3 is 0 Å². The maximum atomic E-state index is 12.3. The minimum atomic E-state index is -1.87. The van der Waals surface area contributed by atoms with Crippen molar-refractivity contribution in [2.45, 2.75) is 143 Å². The normalized spacial score (nSPS) is 45.7. The van der Waals surface area contributed by atoms with Crippen LogP contribution < -0.4 is 21.7 Å². The Morgan fingerprint density at radius 3 is 1.22 bits per heavy atom. The molecule has 4 aliphatic rings. The molecule has 4 fully saturated rings. The predicted molar refractivity (Wildman–Crippen MR) is 171 cm³/mol. The Labute approximate surface area is 308 Å². The molecule has 0 aromatic carbocycles. The fourth-order valence-corrected chi connectivity index (χ4v) is 6.81. The van der Waals surface area contributed by atoms with E-state index in [0.717, 1.165) is 20.8 Å². The highest BCUT2D eigenvalue weighted by Crippen LogP contribution is 2.34. The average molecular weight is 789 g/mol. The molecule has 0 bridgehead atoms. The lowest BCUT2D eigenvalue weighted by Gasteiger charge is -2.50. The summed E-state index contributed by atoms with van der Waals surface area (Å²) in [5.74, 6) is -2.11. The Balaban J connectivity index is 1.59. The third-order valence-corrected chi connectivity index (χ3v) is 9.49. The topological polar surface area (TPSA) is 380 Å². The molecular weight excluding hydrogens is 736 g/mol. The Bertz CT molecular complexity index is 1260. The van der Waals surface area contributed by atoms with E-state index in [4.69, 9.17) is 38.9 Å². The Morgan fingerprint density at radius 1 is 0.500 bits per heavy atom. The van der Waals surface area contributed by atoms with E-state index in [1.165, 1.54) is 0 Å². The van der Waals surface area contributed by atoms with E-state index in [-0.39, 0.29) is 0 Å². The second kappa shape index (κ2) is 19.2. The highest BCUT2D eigenvalue weighted by molar-refractivity contribution is 5.74. The van der Waals surface area contributed by atoms with Crippen LogP contribution in [0.5, 0.6) is 0 Å². The van der Waals surface area contributed by atoms with E-state index in [9.17, 15) is 65.4 Å². The molecule has 24 nitrogen and oxygen atoms in total. The van der Waals surface area contributed by atoms with Gasteiger partial charge in [0, 0.05) is 20.8 Å². The van der Waals surface area contributed by atoms with Crippen molar-refractivity contribution in [3.8, 4) is 0 Å². The van der Waals surface area contributed by atoms with Crippen molar-refractivity contribution < 1.29 is 98.6 Å². The quantitative estimate of drug-likeness (QED) is 0.0824. The van der Waals surface area contributed by atoms with E-state index >= 15 is 0 Å². The second-order valence-corrected chi connectivity index (χ2v) is 13.4. The number of amides is 3. The van der Waals surface area contributed by atoms with Crippen molar-refractivity contribution in [2.24, 2.45) is 5.73 Å². The molecule has 24 heteroatoms. The number of rotatable bonds is 13.